The molecule has 0 heterocycles. The molecule has 0 aromatic heterocycles. The van der Waals surface area contributed by atoms with E-state index in [0.717, 1.165) is 38.5 Å². The minimum Gasteiger partial charge on any atom is -0.377 e. The number of fused-ring (bicyclic) bond motifs is 3. The van der Waals surface area contributed by atoms with E-state index < -0.39 is 12.9 Å². The molecule has 2 bridgehead atoms. The molecule has 1 N–H and O–H groups in total. The molecule has 3 aliphatic rings. The first-order valence-corrected chi connectivity index (χ1v) is 10.4. The Morgan fingerprint density at radius 3 is 2.50 bits per heavy atom. The molecule has 126 valence electrons. The van der Waals surface area contributed by atoms with Crippen LogP contribution in [0.25, 0.3) is 0 Å². The standard InChI is InChI=1S/C17H29O4P/c1-3-20-22(19,21-4-2)17(18)14-9-7-11-16(17)15-10-6-5-8-13(15)12-14/h14,16,18H,3-12H2,1-2H3. The van der Waals surface area contributed by atoms with Crippen molar-refractivity contribution >= 4 is 7.60 Å². The summed E-state index contributed by atoms with van der Waals surface area (Å²) in [5, 5.41) is 10.3. The monoisotopic (exact) mass is 328 g/mol. The molecule has 4 nitrogen and oxygen atoms in total. The zero-order valence-electron chi connectivity index (χ0n) is 13.8. The van der Waals surface area contributed by atoms with Crippen LogP contribution in [0.5, 0.6) is 0 Å². The summed E-state index contributed by atoms with van der Waals surface area (Å²) >= 11 is 0. The maximum Gasteiger partial charge on any atom is 0.362 e. The highest BCUT2D eigenvalue weighted by Gasteiger charge is 2.63. The topological polar surface area (TPSA) is 55.8 Å². The molecular formula is C17H29O4P. The molecule has 0 amide bonds. The van der Waals surface area contributed by atoms with E-state index in [9.17, 15) is 9.67 Å². The molecule has 0 aromatic carbocycles. The third-order valence-corrected chi connectivity index (χ3v) is 8.49. The van der Waals surface area contributed by atoms with Gasteiger partial charge in [-0.3, -0.25) is 4.57 Å². The van der Waals surface area contributed by atoms with Crippen molar-refractivity contribution in [3.63, 3.8) is 0 Å². The van der Waals surface area contributed by atoms with E-state index in [2.05, 4.69) is 0 Å². The lowest BCUT2D eigenvalue weighted by Crippen LogP contribution is -2.52. The van der Waals surface area contributed by atoms with Crippen LogP contribution in [0.15, 0.2) is 11.1 Å². The largest absolute Gasteiger partial charge is 0.377 e. The Labute approximate surface area is 133 Å². The highest BCUT2D eigenvalue weighted by molar-refractivity contribution is 7.55. The molecule has 22 heavy (non-hydrogen) atoms. The van der Waals surface area contributed by atoms with Crippen molar-refractivity contribution in [1.29, 1.82) is 0 Å². The Morgan fingerprint density at radius 2 is 1.82 bits per heavy atom. The number of hydrogen-bond acceptors (Lipinski definition) is 4. The lowest BCUT2D eigenvalue weighted by atomic mass is 9.63. The fraction of sp³-hybridized carbons (Fsp3) is 0.882. The fourth-order valence-electron chi connectivity index (χ4n) is 4.90. The first-order chi connectivity index (χ1) is 10.6. The second-order valence-electron chi connectivity index (χ2n) is 6.84. The predicted octanol–water partition coefficient (Wildman–Crippen LogP) is 4.63. The van der Waals surface area contributed by atoms with Crippen molar-refractivity contribution in [1.82, 2.24) is 0 Å². The number of hydrogen-bond donors (Lipinski definition) is 1. The lowest BCUT2D eigenvalue weighted by Gasteiger charge is -2.53. The summed E-state index contributed by atoms with van der Waals surface area (Å²) in [5.74, 6) is -0.00809. The van der Waals surface area contributed by atoms with Gasteiger partial charge >= 0.3 is 7.60 Å². The van der Waals surface area contributed by atoms with Gasteiger partial charge in [-0.2, -0.15) is 0 Å². The van der Waals surface area contributed by atoms with E-state index in [4.69, 9.17) is 9.05 Å². The zero-order valence-corrected chi connectivity index (χ0v) is 14.7. The molecule has 3 unspecified atom stereocenters. The minimum atomic E-state index is -3.53. The van der Waals surface area contributed by atoms with Gasteiger partial charge in [0, 0.05) is 11.8 Å². The van der Waals surface area contributed by atoms with Gasteiger partial charge in [0.2, 0.25) is 0 Å². The SMILES string of the molecule is CCOP(=O)(OCC)C1(O)C2CCCC1C1=C(CCCC1)C2. The van der Waals surface area contributed by atoms with Gasteiger partial charge in [0.05, 0.1) is 13.2 Å². The highest BCUT2D eigenvalue weighted by Crippen LogP contribution is 2.71. The average molecular weight is 328 g/mol. The molecule has 0 radical (unpaired) electrons. The van der Waals surface area contributed by atoms with E-state index in [1.807, 2.05) is 13.8 Å². The maximum atomic E-state index is 13.5. The van der Waals surface area contributed by atoms with Gasteiger partial charge < -0.3 is 14.2 Å². The number of aliphatic hydroxyl groups is 1. The quantitative estimate of drug-likeness (QED) is 0.590. The molecule has 3 atom stereocenters. The zero-order chi connectivity index (χ0) is 15.8. The summed E-state index contributed by atoms with van der Waals surface area (Å²) in [6.45, 7) is 4.26. The average Bonchev–Trinajstić information content (AvgIpc) is 2.48. The van der Waals surface area contributed by atoms with E-state index in [0.29, 0.717) is 13.2 Å². The molecule has 0 spiro atoms. The molecule has 3 aliphatic carbocycles. The van der Waals surface area contributed by atoms with Crippen LogP contribution in [0.4, 0.5) is 0 Å². The van der Waals surface area contributed by atoms with Crippen molar-refractivity contribution in [2.45, 2.75) is 70.6 Å². The minimum absolute atomic E-state index is 0.0204. The third-order valence-electron chi connectivity index (χ3n) is 5.74. The van der Waals surface area contributed by atoms with Crippen LogP contribution >= 0.6 is 7.60 Å². The second kappa shape index (κ2) is 6.39. The smallest absolute Gasteiger partial charge is 0.362 e. The predicted molar refractivity (Wildman–Crippen MR) is 86.8 cm³/mol. The fourth-order valence-corrected chi connectivity index (χ4v) is 7.40. The Kier molecular flexibility index (Phi) is 4.85. The Bertz CT molecular complexity index is 491. The summed E-state index contributed by atoms with van der Waals surface area (Å²) in [6, 6.07) is 0. The first-order valence-electron chi connectivity index (χ1n) is 8.89. The van der Waals surface area contributed by atoms with Crippen LogP contribution in [0, 0.1) is 11.8 Å². The number of rotatable bonds is 5. The Morgan fingerprint density at radius 1 is 1.14 bits per heavy atom. The Balaban J connectivity index is 2.04. The van der Waals surface area contributed by atoms with Crippen LogP contribution in [0.1, 0.15) is 65.2 Å². The summed E-state index contributed by atoms with van der Waals surface area (Å²) in [7, 11) is -3.53. The highest BCUT2D eigenvalue weighted by atomic mass is 31.2. The van der Waals surface area contributed by atoms with E-state index in [1.54, 1.807) is 0 Å². The van der Waals surface area contributed by atoms with Gasteiger partial charge in [-0.1, -0.05) is 17.6 Å². The van der Waals surface area contributed by atoms with Crippen molar-refractivity contribution in [3.8, 4) is 0 Å². The van der Waals surface area contributed by atoms with Crippen LogP contribution in [0.2, 0.25) is 0 Å². The number of allylic oxidation sites excluding steroid dienone is 1. The normalized spacial score (nSPS) is 35.4. The van der Waals surface area contributed by atoms with Gasteiger partial charge in [-0.15, -0.1) is 0 Å². The molecule has 1 fully saturated rings. The van der Waals surface area contributed by atoms with Gasteiger partial charge in [0.1, 0.15) is 0 Å². The molecule has 0 aliphatic heterocycles. The van der Waals surface area contributed by atoms with Crippen LogP contribution in [-0.4, -0.2) is 23.7 Å². The molecule has 3 rings (SSSR count). The van der Waals surface area contributed by atoms with Gasteiger partial charge in [-0.05, 0) is 58.8 Å². The van der Waals surface area contributed by atoms with E-state index >= 15 is 0 Å². The van der Waals surface area contributed by atoms with Crippen molar-refractivity contribution in [2.24, 2.45) is 11.8 Å². The summed E-state index contributed by atoms with van der Waals surface area (Å²) in [5.41, 5.74) is 2.91. The van der Waals surface area contributed by atoms with Gasteiger partial charge in [0.25, 0.3) is 0 Å². The van der Waals surface area contributed by atoms with Crippen molar-refractivity contribution in [3.05, 3.63) is 11.1 Å². The molecule has 0 aromatic rings. The van der Waals surface area contributed by atoms with Crippen LogP contribution < -0.4 is 0 Å². The summed E-state index contributed by atoms with van der Waals surface area (Å²) in [4.78, 5) is 0. The Hall–Kier alpha value is -0.150. The molecule has 0 saturated heterocycles. The van der Waals surface area contributed by atoms with Crippen LogP contribution in [0.3, 0.4) is 0 Å². The van der Waals surface area contributed by atoms with Crippen molar-refractivity contribution < 1.29 is 18.7 Å². The third kappa shape index (κ3) is 2.43. The van der Waals surface area contributed by atoms with Gasteiger partial charge in [0.15, 0.2) is 5.34 Å². The van der Waals surface area contributed by atoms with E-state index in [-0.39, 0.29) is 11.8 Å². The van der Waals surface area contributed by atoms with Crippen LogP contribution in [-0.2, 0) is 13.6 Å². The first kappa shape index (κ1) is 16.7. The van der Waals surface area contributed by atoms with Crippen molar-refractivity contribution in [2.75, 3.05) is 13.2 Å². The summed E-state index contributed by atoms with van der Waals surface area (Å²) < 4.78 is 24.6. The molecular weight excluding hydrogens is 299 g/mol. The second-order valence-corrected chi connectivity index (χ2v) is 9.06. The lowest BCUT2D eigenvalue weighted by molar-refractivity contribution is -0.0492. The summed E-state index contributed by atoms with van der Waals surface area (Å²) in [6.07, 6.45) is 8.47. The molecule has 1 saturated carbocycles. The van der Waals surface area contributed by atoms with E-state index in [1.165, 1.54) is 24.0 Å². The van der Waals surface area contributed by atoms with Gasteiger partial charge in [-0.25, -0.2) is 0 Å². The maximum absolute atomic E-state index is 13.5. The molecule has 5 heteroatoms.